The van der Waals surface area contributed by atoms with Crippen LogP contribution in [0.15, 0.2) is 83.1 Å². The van der Waals surface area contributed by atoms with E-state index < -0.39 is 0 Å². The molecular formula is C23H16Cl3N5OS. The fourth-order valence-corrected chi connectivity index (χ4v) is 4.10. The molecule has 0 spiro atoms. The molecule has 6 nitrogen and oxygen atoms in total. The van der Waals surface area contributed by atoms with Gasteiger partial charge in [0, 0.05) is 26.3 Å². The summed E-state index contributed by atoms with van der Waals surface area (Å²) < 4.78 is 1.87. The summed E-state index contributed by atoms with van der Waals surface area (Å²) in [5, 5.41) is 15.0. The zero-order valence-corrected chi connectivity index (χ0v) is 20.0. The molecule has 0 aliphatic heterocycles. The third-order valence-electron chi connectivity index (χ3n) is 4.40. The molecule has 10 heteroatoms. The normalized spacial score (nSPS) is 11.1. The number of nitrogens with one attached hydrogen (secondary N) is 1. The van der Waals surface area contributed by atoms with Crippen LogP contribution >= 0.6 is 46.6 Å². The number of carbonyl (C=O) groups is 1. The van der Waals surface area contributed by atoms with Crippen LogP contribution in [0.5, 0.6) is 0 Å². The van der Waals surface area contributed by atoms with E-state index >= 15 is 0 Å². The molecule has 1 N–H and O–H groups in total. The molecule has 0 aliphatic carbocycles. The monoisotopic (exact) mass is 515 g/mol. The Kier molecular flexibility index (Phi) is 7.67. The van der Waals surface area contributed by atoms with Gasteiger partial charge in [0.25, 0.3) is 5.91 Å². The van der Waals surface area contributed by atoms with Crippen LogP contribution in [0.3, 0.4) is 0 Å². The van der Waals surface area contributed by atoms with Crippen LogP contribution < -0.4 is 5.43 Å². The molecule has 0 fully saturated rings. The Balaban J connectivity index is 1.51. The summed E-state index contributed by atoms with van der Waals surface area (Å²) in [5.41, 5.74) is 4.95. The smallest absolute Gasteiger partial charge is 0.250 e. The number of hydrogen-bond donors (Lipinski definition) is 1. The van der Waals surface area contributed by atoms with Crippen molar-refractivity contribution in [2.75, 3.05) is 5.75 Å². The summed E-state index contributed by atoms with van der Waals surface area (Å²) in [6, 6.07) is 21.8. The number of nitrogens with zero attached hydrogens (tertiary/aromatic N) is 4. The maximum Gasteiger partial charge on any atom is 0.250 e. The summed E-state index contributed by atoms with van der Waals surface area (Å²) in [4.78, 5) is 12.3. The van der Waals surface area contributed by atoms with E-state index in [0.717, 1.165) is 16.8 Å². The Hall–Kier alpha value is -2.84. The van der Waals surface area contributed by atoms with Gasteiger partial charge in [-0.05, 0) is 66.2 Å². The third kappa shape index (κ3) is 6.15. The molecule has 3 aromatic carbocycles. The van der Waals surface area contributed by atoms with Crippen molar-refractivity contribution in [2.45, 2.75) is 5.16 Å². The predicted octanol–water partition coefficient (Wildman–Crippen LogP) is 6.14. The number of hydrazone groups is 1. The van der Waals surface area contributed by atoms with Gasteiger partial charge in [-0.2, -0.15) is 5.10 Å². The minimum atomic E-state index is -0.281. The first-order chi connectivity index (χ1) is 16.0. The van der Waals surface area contributed by atoms with Gasteiger partial charge in [-0.15, -0.1) is 10.2 Å². The van der Waals surface area contributed by atoms with Gasteiger partial charge >= 0.3 is 0 Å². The molecule has 0 radical (unpaired) electrons. The lowest BCUT2D eigenvalue weighted by atomic mass is 10.2. The van der Waals surface area contributed by atoms with E-state index in [0.29, 0.717) is 26.0 Å². The van der Waals surface area contributed by atoms with Crippen LogP contribution in [-0.4, -0.2) is 32.6 Å². The van der Waals surface area contributed by atoms with Crippen molar-refractivity contribution in [2.24, 2.45) is 5.10 Å². The summed E-state index contributed by atoms with van der Waals surface area (Å²) >= 11 is 19.3. The topological polar surface area (TPSA) is 72.2 Å². The second-order valence-corrected chi connectivity index (χ2v) is 9.01. The second kappa shape index (κ2) is 10.9. The van der Waals surface area contributed by atoms with Gasteiger partial charge in [0.2, 0.25) is 0 Å². The van der Waals surface area contributed by atoms with Gasteiger partial charge in [-0.25, -0.2) is 5.43 Å². The van der Waals surface area contributed by atoms with Crippen LogP contribution in [0.4, 0.5) is 0 Å². The van der Waals surface area contributed by atoms with Gasteiger partial charge < -0.3 is 0 Å². The first-order valence-electron chi connectivity index (χ1n) is 9.67. The Morgan fingerprint density at radius 3 is 2.33 bits per heavy atom. The molecule has 0 atom stereocenters. The Morgan fingerprint density at radius 2 is 1.64 bits per heavy atom. The van der Waals surface area contributed by atoms with Crippen LogP contribution in [0.1, 0.15) is 5.56 Å². The van der Waals surface area contributed by atoms with Crippen molar-refractivity contribution in [1.29, 1.82) is 0 Å². The van der Waals surface area contributed by atoms with Gasteiger partial charge in [-0.1, -0.05) is 58.7 Å². The number of benzene rings is 3. The summed E-state index contributed by atoms with van der Waals surface area (Å²) in [5.74, 6) is 0.437. The number of thioether (sulfide) groups is 1. The molecule has 33 heavy (non-hydrogen) atoms. The highest BCUT2D eigenvalue weighted by atomic mass is 35.5. The SMILES string of the molecule is O=C(CSc1nnc(-c2ccc(Cl)cc2)n1-c1ccc(Cl)cc1)N/N=C\c1cccc(Cl)c1. The molecule has 1 heterocycles. The zero-order valence-electron chi connectivity index (χ0n) is 17.0. The molecule has 0 unspecified atom stereocenters. The molecule has 0 saturated heterocycles. The molecule has 4 aromatic rings. The number of aromatic nitrogens is 3. The van der Waals surface area contributed by atoms with Crippen molar-refractivity contribution in [3.05, 3.63) is 93.4 Å². The number of carbonyl (C=O) groups excluding carboxylic acids is 1. The Morgan fingerprint density at radius 1 is 0.939 bits per heavy atom. The van der Waals surface area contributed by atoms with Crippen LogP contribution in [0.25, 0.3) is 17.1 Å². The lowest BCUT2D eigenvalue weighted by Crippen LogP contribution is -2.20. The molecule has 0 bridgehead atoms. The summed E-state index contributed by atoms with van der Waals surface area (Å²) in [6.07, 6.45) is 1.53. The molecule has 1 amide bonds. The second-order valence-electron chi connectivity index (χ2n) is 6.76. The maximum atomic E-state index is 12.3. The summed E-state index contributed by atoms with van der Waals surface area (Å²) in [6.45, 7) is 0. The first-order valence-corrected chi connectivity index (χ1v) is 11.8. The highest BCUT2D eigenvalue weighted by Gasteiger charge is 2.17. The standard InChI is InChI=1S/C23H16Cl3N5OS/c24-17-6-4-16(5-7-17)22-29-30-23(31(22)20-10-8-18(25)9-11-20)33-14-21(32)28-27-13-15-2-1-3-19(26)12-15/h1-13H,14H2,(H,28,32)/b27-13-. The van der Waals surface area contributed by atoms with E-state index in [-0.39, 0.29) is 11.7 Å². The molecule has 0 aliphatic rings. The van der Waals surface area contributed by atoms with Crippen molar-refractivity contribution in [3.8, 4) is 17.1 Å². The van der Waals surface area contributed by atoms with E-state index in [2.05, 4.69) is 20.7 Å². The van der Waals surface area contributed by atoms with Gasteiger partial charge in [0.05, 0.1) is 12.0 Å². The number of halogens is 3. The van der Waals surface area contributed by atoms with Crippen molar-refractivity contribution in [3.63, 3.8) is 0 Å². The van der Waals surface area contributed by atoms with Crippen molar-refractivity contribution >= 4 is 58.7 Å². The van der Waals surface area contributed by atoms with E-state index in [4.69, 9.17) is 34.8 Å². The molecule has 1 aromatic heterocycles. The number of hydrogen-bond acceptors (Lipinski definition) is 5. The zero-order chi connectivity index (χ0) is 23.2. The largest absolute Gasteiger partial charge is 0.272 e. The molecule has 166 valence electrons. The fourth-order valence-electron chi connectivity index (χ4n) is 2.90. The van der Waals surface area contributed by atoms with Gasteiger partial charge in [-0.3, -0.25) is 9.36 Å². The minimum Gasteiger partial charge on any atom is -0.272 e. The van der Waals surface area contributed by atoms with E-state index in [1.807, 2.05) is 41.0 Å². The Labute approximate surface area is 209 Å². The van der Waals surface area contributed by atoms with Gasteiger partial charge in [0.1, 0.15) is 0 Å². The predicted molar refractivity (Wildman–Crippen MR) is 135 cm³/mol. The van der Waals surface area contributed by atoms with E-state index in [9.17, 15) is 4.79 Å². The number of amides is 1. The van der Waals surface area contributed by atoms with Crippen molar-refractivity contribution in [1.82, 2.24) is 20.2 Å². The maximum absolute atomic E-state index is 12.3. The Bertz CT molecular complexity index is 1290. The fraction of sp³-hybridized carbons (Fsp3) is 0.0435. The van der Waals surface area contributed by atoms with Crippen molar-refractivity contribution < 1.29 is 4.79 Å². The summed E-state index contributed by atoms with van der Waals surface area (Å²) in [7, 11) is 0. The van der Waals surface area contributed by atoms with Gasteiger partial charge in [0.15, 0.2) is 11.0 Å². The minimum absolute atomic E-state index is 0.0965. The molecule has 0 saturated carbocycles. The van der Waals surface area contributed by atoms with E-state index in [1.54, 1.807) is 36.4 Å². The van der Waals surface area contributed by atoms with Crippen LogP contribution in [0.2, 0.25) is 15.1 Å². The van der Waals surface area contributed by atoms with Crippen LogP contribution in [0, 0.1) is 0 Å². The highest BCUT2D eigenvalue weighted by molar-refractivity contribution is 7.99. The van der Waals surface area contributed by atoms with E-state index in [1.165, 1.54) is 18.0 Å². The molecule has 4 rings (SSSR count). The lowest BCUT2D eigenvalue weighted by Gasteiger charge is -2.10. The first kappa shape index (κ1) is 23.3. The van der Waals surface area contributed by atoms with Crippen LogP contribution in [-0.2, 0) is 4.79 Å². The lowest BCUT2D eigenvalue weighted by molar-refractivity contribution is -0.118. The third-order valence-corrected chi connectivity index (χ3v) is 6.07. The quantitative estimate of drug-likeness (QED) is 0.182. The average Bonchev–Trinajstić information content (AvgIpc) is 3.23. The number of rotatable bonds is 7. The highest BCUT2D eigenvalue weighted by Crippen LogP contribution is 2.29. The average molecular weight is 517 g/mol. The molecular weight excluding hydrogens is 501 g/mol.